The highest BCUT2D eigenvalue weighted by atomic mass is 14.7. The third-order valence-electron chi connectivity index (χ3n) is 1.24. The normalized spacial score (nSPS) is 14.1. The Morgan fingerprint density at radius 3 is 2.36 bits per heavy atom. The summed E-state index contributed by atoms with van der Waals surface area (Å²) in [6, 6.07) is 0. The van der Waals surface area contributed by atoms with E-state index in [9.17, 15) is 0 Å². The minimum Gasteiger partial charge on any atom is -0.266 e. The molecule has 11 heavy (non-hydrogen) atoms. The summed E-state index contributed by atoms with van der Waals surface area (Å²) in [5.41, 5.74) is 2.16. The summed E-state index contributed by atoms with van der Waals surface area (Å²) in [4.78, 5) is 4.09. The van der Waals surface area contributed by atoms with Crippen LogP contribution in [-0.4, -0.2) is 6.21 Å². The Kier molecular flexibility index (Phi) is 5.09. The fourth-order valence-corrected chi connectivity index (χ4v) is 0.567. The number of hydrogen-bond acceptors (Lipinski definition) is 1. The minimum absolute atomic E-state index is 1.01. The zero-order chi connectivity index (χ0) is 8.69. The largest absolute Gasteiger partial charge is 0.266 e. The highest BCUT2D eigenvalue weighted by Gasteiger charge is 1.78. The van der Waals surface area contributed by atoms with Gasteiger partial charge in [0.25, 0.3) is 0 Å². The zero-order valence-corrected chi connectivity index (χ0v) is 7.46. The van der Waals surface area contributed by atoms with Crippen molar-refractivity contribution in [3.8, 4) is 0 Å². The maximum absolute atomic E-state index is 4.09. The number of aliphatic imine (C=N–C) groups is 1. The first kappa shape index (κ1) is 9.89. The molecule has 1 nitrogen and oxygen atoms in total. The average Bonchev–Trinajstić information content (AvgIpc) is 2.01. The maximum atomic E-state index is 4.09. The van der Waals surface area contributed by atoms with E-state index in [2.05, 4.69) is 11.6 Å². The summed E-state index contributed by atoms with van der Waals surface area (Å²) < 4.78 is 0. The SMILES string of the molecule is C=C\C(C)=C/C=C(C)/N=C/C. The lowest BCUT2D eigenvalue weighted by Crippen LogP contribution is -1.69. The van der Waals surface area contributed by atoms with Crippen LogP contribution in [0.15, 0.2) is 41.1 Å². The predicted octanol–water partition coefficient (Wildman–Crippen LogP) is 3.11. The minimum atomic E-state index is 1.01. The van der Waals surface area contributed by atoms with Gasteiger partial charge in [0.05, 0.1) is 0 Å². The van der Waals surface area contributed by atoms with Gasteiger partial charge in [-0.25, -0.2) is 0 Å². The second-order valence-corrected chi connectivity index (χ2v) is 2.31. The van der Waals surface area contributed by atoms with Gasteiger partial charge in [0.15, 0.2) is 0 Å². The lowest BCUT2D eigenvalue weighted by atomic mass is 10.2. The molecule has 0 atom stereocenters. The van der Waals surface area contributed by atoms with Crippen molar-refractivity contribution in [2.24, 2.45) is 4.99 Å². The zero-order valence-electron chi connectivity index (χ0n) is 7.46. The Labute approximate surface area is 68.9 Å². The molecule has 0 spiro atoms. The van der Waals surface area contributed by atoms with Crippen LogP contribution in [0.3, 0.4) is 0 Å². The lowest BCUT2D eigenvalue weighted by Gasteiger charge is -1.88. The average molecular weight is 149 g/mol. The van der Waals surface area contributed by atoms with Gasteiger partial charge in [-0.2, -0.15) is 0 Å². The van der Waals surface area contributed by atoms with Crippen molar-refractivity contribution in [1.82, 2.24) is 0 Å². The van der Waals surface area contributed by atoms with Crippen molar-refractivity contribution in [3.05, 3.63) is 36.1 Å². The van der Waals surface area contributed by atoms with Crippen LogP contribution in [-0.2, 0) is 0 Å². The molecule has 60 valence electrons. The fourth-order valence-electron chi connectivity index (χ4n) is 0.567. The van der Waals surface area contributed by atoms with Crippen LogP contribution in [0.25, 0.3) is 0 Å². The number of rotatable bonds is 3. The van der Waals surface area contributed by atoms with E-state index in [1.165, 1.54) is 0 Å². The van der Waals surface area contributed by atoms with Crippen LogP contribution in [0.2, 0.25) is 0 Å². The van der Waals surface area contributed by atoms with Crippen LogP contribution in [0.1, 0.15) is 20.8 Å². The third-order valence-corrected chi connectivity index (χ3v) is 1.24. The Hall–Kier alpha value is -1.11. The number of nitrogens with zero attached hydrogens (tertiary/aromatic N) is 1. The second-order valence-electron chi connectivity index (χ2n) is 2.31. The van der Waals surface area contributed by atoms with Crippen molar-refractivity contribution < 1.29 is 0 Å². The highest BCUT2D eigenvalue weighted by Crippen LogP contribution is 1.98. The molecule has 0 aromatic carbocycles. The second kappa shape index (κ2) is 5.66. The predicted molar refractivity (Wildman–Crippen MR) is 51.9 cm³/mol. The molecule has 0 heterocycles. The number of allylic oxidation sites excluding steroid dienone is 5. The van der Waals surface area contributed by atoms with Gasteiger partial charge in [0, 0.05) is 11.9 Å². The molecule has 0 saturated carbocycles. The van der Waals surface area contributed by atoms with Gasteiger partial charge in [-0.15, -0.1) is 0 Å². The van der Waals surface area contributed by atoms with Gasteiger partial charge >= 0.3 is 0 Å². The molecule has 0 saturated heterocycles. The summed E-state index contributed by atoms with van der Waals surface area (Å²) in [6.07, 6.45) is 7.56. The van der Waals surface area contributed by atoms with Crippen LogP contribution in [0, 0.1) is 0 Å². The van der Waals surface area contributed by atoms with Crippen molar-refractivity contribution >= 4 is 6.21 Å². The van der Waals surface area contributed by atoms with E-state index in [4.69, 9.17) is 0 Å². The molecule has 0 fully saturated rings. The summed E-state index contributed by atoms with van der Waals surface area (Å²) in [7, 11) is 0. The van der Waals surface area contributed by atoms with E-state index in [0.717, 1.165) is 11.3 Å². The number of hydrogen-bond donors (Lipinski definition) is 0. The first-order chi connectivity index (χ1) is 5.20. The van der Waals surface area contributed by atoms with E-state index >= 15 is 0 Å². The molecular weight excluding hydrogens is 134 g/mol. The van der Waals surface area contributed by atoms with Crippen LogP contribution in [0.4, 0.5) is 0 Å². The topological polar surface area (TPSA) is 12.4 Å². The summed E-state index contributed by atoms with van der Waals surface area (Å²) >= 11 is 0. The molecule has 0 aliphatic heterocycles. The Bertz CT molecular complexity index is 207. The van der Waals surface area contributed by atoms with Crippen molar-refractivity contribution in [2.75, 3.05) is 0 Å². The molecule has 1 heteroatoms. The van der Waals surface area contributed by atoms with Gasteiger partial charge in [0.2, 0.25) is 0 Å². The van der Waals surface area contributed by atoms with E-state index in [1.54, 1.807) is 6.21 Å². The molecule has 0 aromatic heterocycles. The molecule has 0 aromatic rings. The standard InChI is InChI=1S/C10H15N/c1-5-9(3)7-8-10(4)11-6-2/h5-8H,1H2,2-4H3/b9-7-,10-8+,11-6+. The molecule has 0 rings (SSSR count). The molecule has 0 unspecified atom stereocenters. The maximum Gasteiger partial charge on any atom is 0.0368 e. The van der Waals surface area contributed by atoms with Crippen LogP contribution >= 0.6 is 0 Å². The van der Waals surface area contributed by atoms with Gasteiger partial charge in [-0.3, -0.25) is 4.99 Å². The van der Waals surface area contributed by atoms with Crippen molar-refractivity contribution in [2.45, 2.75) is 20.8 Å². The first-order valence-electron chi connectivity index (χ1n) is 3.67. The van der Waals surface area contributed by atoms with E-state index < -0.39 is 0 Å². The molecule has 0 aliphatic rings. The molecule has 0 N–H and O–H groups in total. The Morgan fingerprint density at radius 2 is 1.91 bits per heavy atom. The third kappa shape index (κ3) is 5.34. The molecule has 0 bridgehead atoms. The summed E-state index contributed by atoms with van der Waals surface area (Å²) in [5.74, 6) is 0. The monoisotopic (exact) mass is 149 g/mol. The van der Waals surface area contributed by atoms with Crippen molar-refractivity contribution in [3.63, 3.8) is 0 Å². The quantitative estimate of drug-likeness (QED) is 0.432. The van der Waals surface area contributed by atoms with E-state index in [1.807, 2.05) is 39.0 Å². The van der Waals surface area contributed by atoms with Crippen LogP contribution in [0.5, 0.6) is 0 Å². The van der Waals surface area contributed by atoms with Gasteiger partial charge < -0.3 is 0 Å². The molecule has 0 aliphatic carbocycles. The first-order valence-corrected chi connectivity index (χ1v) is 3.67. The fraction of sp³-hybridized carbons (Fsp3) is 0.300. The van der Waals surface area contributed by atoms with E-state index in [0.29, 0.717) is 0 Å². The molecule has 0 radical (unpaired) electrons. The van der Waals surface area contributed by atoms with Crippen molar-refractivity contribution in [1.29, 1.82) is 0 Å². The van der Waals surface area contributed by atoms with Gasteiger partial charge in [0.1, 0.15) is 0 Å². The highest BCUT2D eigenvalue weighted by molar-refractivity contribution is 5.55. The Morgan fingerprint density at radius 1 is 1.27 bits per heavy atom. The molecular formula is C10H15N. The lowest BCUT2D eigenvalue weighted by molar-refractivity contribution is 1.31. The van der Waals surface area contributed by atoms with Gasteiger partial charge in [-0.05, 0) is 26.8 Å². The summed E-state index contributed by atoms with van der Waals surface area (Å²) in [6.45, 7) is 9.52. The Balaban J connectivity index is 4.21. The molecule has 0 amide bonds. The van der Waals surface area contributed by atoms with Gasteiger partial charge in [-0.1, -0.05) is 24.3 Å². The summed E-state index contributed by atoms with van der Waals surface area (Å²) in [5, 5.41) is 0. The van der Waals surface area contributed by atoms with E-state index in [-0.39, 0.29) is 0 Å². The smallest absolute Gasteiger partial charge is 0.0368 e. The van der Waals surface area contributed by atoms with Crippen LogP contribution < -0.4 is 0 Å².